The summed E-state index contributed by atoms with van der Waals surface area (Å²) in [6.07, 6.45) is -0.908. The fourth-order valence-corrected chi connectivity index (χ4v) is 1.99. The number of rotatable bonds is 3. The third kappa shape index (κ3) is 2.93. The zero-order chi connectivity index (χ0) is 15.0. The van der Waals surface area contributed by atoms with E-state index in [4.69, 9.17) is 4.74 Å². The van der Waals surface area contributed by atoms with Gasteiger partial charge < -0.3 is 9.47 Å². The van der Waals surface area contributed by atoms with Crippen LogP contribution in [0.2, 0.25) is 0 Å². The number of hydrogen-bond donors (Lipinski definition) is 0. The first kappa shape index (κ1) is 13.7. The first-order valence-corrected chi connectivity index (χ1v) is 6.32. The van der Waals surface area contributed by atoms with E-state index < -0.39 is 12.8 Å². The van der Waals surface area contributed by atoms with Crippen LogP contribution in [0.5, 0.6) is 5.88 Å². The van der Waals surface area contributed by atoms with Gasteiger partial charge in [0.25, 0.3) is 0 Å². The molecule has 0 N–H and O–H groups in total. The third-order valence-corrected chi connectivity index (χ3v) is 2.91. The van der Waals surface area contributed by atoms with Gasteiger partial charge in [-0.2, -0.15) is 13.2 Å². The smallest absolute Gasteiger partial charge is 0.422 e. The predicted octanol–water partition coefficient (Wildman–Crippen LogP) is 2.68. The van der Waals surface area contributed by atoms with Gasteiger partial charge >= 0.3 is 6.18 Å². The molecular formula is C13H12F3N3O2. The lowest BCUT2D eigenvalue weighted by Crippen LogP contribution is -2.20. The lowest BCUT2D eigenvalue weighted by molar-refractivity contribution is -0.154. The van der Waals surface area contributed by atoms with Gasteiger partial charge in [0.2, 0.25) is 5.88 Å². The Morgan fingerprint density at radius 1 is 1.43 bits per heavy atom. The lowest BCUT2D eigenvalue weighted by Gasteiger charge is -2.09. The van der Waals surface area contributed by atoms with E-state index in [1.165, 1.54) is 10.6 Å². The molecule has 3 rings (SSSR count). The highest BCUT2D eigenvalue weighted by atomic mass is 19.4. The second kappa shape index (κ2) is 4.94. The van der Waals surface area contributed by atoms with Gasteiger partial charge in [0.1, 0.15) is 11.5 Å². The summed E-state index contributed by atoms with van der Waals surface area (Å²) < 4.78 is 48.1. The Morgan fingerprint density at radius 2 is 2.24 bits per heavy atom. The number of fused-ring (bicyclic) bond motifs is 1. The Bertz CT molecular complexity index is 694. The average Bonchev–Trinajstić information content (AvgIpc) is 3.01. The molecule has 1 unspecified atom stereocenters. The van der Waals surface area contributed by atoms with Gasteiger partial charge in [0, 0.05) is 12.0 Å². The summed E-state index contributed by atoms with van der Waals surface area (Å²) >= 11 is 0. The highest BCUT2D eigenvalue weighted by molar-refractivity contribution is 5.61. The van der Waals surface area contributed by atoms with Gasteiger partial charge in [-0.15, -0.1) is 5.10 Å². The fraction of sp³-hybridized carbons (Fsp3) is 0.385. The van der Waals surface area contributed by atoms with Crippen molar-refractivity contribution < 1.29 is 22.6 Å². The quantitative estimate of drug-likeness (QED) is 0.874. The van der Waals surface area contributed by atoms with Crippen molar-refractivity contribution >= 4 is 11.4 Å². The average molecular weight is 299 g/mol. The van der Waals surface area contributed by atoms with E-state index in [9.17, 15) is 13.2 Å². The Kier molecular flexibility index (Phi) is 3.23. The number of halogens is 3. The summed E-state index contributed by atoms with van der Waals surface area (Å²) in [7, 11) is 0. The number of nitrogens with zero attached hydrogens (tertiary/aromatic N) is 3. The van der Waals surface area contributed by atoms with E-state index in [1.807, 2.05) is 13.0 Å². The summed E-state index contributed by atoms with van der Waals surface area (Å²) in [5.74, 6) is 0.774. The zero-order valence-corrected chi connectivity index (χ0v) is 11.1. The van der Waals surface area contributed by atoms with Crippen LogP contribution < -0.4 is 4.74 Å². The number of hydrogen-bond acceptors (Lipinski definition) is 4. The van der Waals surface area contributed by atoms with Crippen LogP contribution in [-0.2, 0) is 4.74 Å². The van der Waals surface area contributed by atoms with E-state index in [0.717, 1.165) is 0 Å². The van der Waals surface area contributed by atoms with Gasteiger partial charge in [0.05, 0.1) is 12.8 Å². The molecule has 2 aromatic heterocycles. The Hall–Kier alpha value is -2.25. The Morgan fingerprint density at radius 3 is 2.90 bits per heavy atom. The topological polar surface area (TPSA) is 48.7 Å². The van der Waals surface area contributed by atoms with Crippen LogP contribution in [0.3, 0.4) is 0 Å². The van der Waals surface area contributed by atoms with Crippen LogP contribution in [0.4, 0.5) is 13.2 Å². The molecule has 1 aliphatic rings. The van der Waals surface area contributed by atoms with E-state index >= 15 is 0 Å². The second-order valence-electron chi connectivity index (χ2n) is 4.81. The molecule has 3 heterocycles. The largest absolute Gasteiger partial charge is 0.491 e. The van der Waals surface area contributed by atoms with Crippen molar-refractivity contribution in [1.82, 2.24) is 14.6 Å². The molecule has 8 heteroatoms. The Labute approximate surface area is 118 Å². The van der Waals surface area contributed by atoms with Crippen LogP contribution >= 0.6 is 0 Å². The Balaban J connectivity index is 1.91. The van der Waals surface area contributed by atoms with Crippen LogP contribution in [0.25, 0.3) is 11.4 Å². The van der Waals surface area contributed by atoms with Gasteiger partial charge in [-0.1, -0.05) is 6.92 Å². The normalized spacial score (nSPS) is 18.7. The number of imidazole rings is 1. The molecule has 0 saturated heterocycles. The van der Waals surface area contributed by atoms with Crippen molar-refractivity contribution in [3.63, 3.8) is 0 Å². The van der Waals surface area contributed by atoms with Crippen LogP contribution in [-0.4, -0.2) is 34.0 Å². The van der Waals surface area contributed by atoms with Gasteiger partial charge in [-0.05, 0) is 12.1 Å². The molecule has 0 aromatic carbocycles. The molecule has 0 fully saturated rings. The SMILES string of the molecule is CC1C=C(c2cnc3ccc(OCC(F)(F)F)nn23)OC1. The molecule has 0 saturated carbocycles. The predicted molar refractivity (Wildman–Crippen MR) is 67.6 cm³/mol. The van der Waals surface area contributed by atoms with E-state index in [1.54, 1.807) is 12.3 Å². The monoisotopic (exact) mass is 299 g/mol. The van der Waals surface area contributed by atoms with Gasteiger partial charge in [0.15, 0.2) is 12.3 Å². The first-order valence-electron chi connectivity index (χ1n) is 6.32. The lowest BCUT2D eigenvalue weighted by atomic mass is 10.2. The molecule has 2 aromatic rings. The maximum Gasteiger partial charge on any atom is 0.422 e. The minimum absolute atomic E-state index is 0.120. The van der Waals surface area contributed by atoms with Gasteiger partial charge in [-0.25, -0.2) is 9.50 Å². The van der Waals surface area contributed by atoms with Crippen LogP contribution in [0.15, 0.2) is 24.4 Å². The third-order valence-electron chi connectivity index (χ3n) is 2.91. The number of ether oxygens (including phenoxy) is 2. The number of aromatic nitrogens is 3. The minimum atomic E-state index is -4.40. The molecule has 1 aliphatic heterocycles. The molecule has 0 aliphatic carbocycles. The van der Waals surface area contributed by atoms with Crippen molar-refractivity contribution in [1.29, 1.82) is 0 Å². The maximum atomic E-state index is 12.2. The van der Waals surface area contributed by atoms with E-state index in [-0.39, 0.29) is 11.8 Å². The molecule has 0 amide bonds. The molecule has 21 heavy (non-hydrogen) atoms. The first-order chi connectivity index (χ1) is 9.92. The van der Waals surface area contributed by atoms with Gasteiger partial charge in [-0.3, -0.25) is 0 Å². The molecule has 5 nitrogen and oxygen atoms in total. The van der Waals surface area contributed by atoms with Crippen molar-refractivity contribution in [2.75, 3.05) is 13.2 Å². The molecule has 0 bridgehead atoms. The highest BCUT2D eigenvalue weighted by Gasteiger charge is 2.29. The highest BCUT2D eigenvalue weighted by Crippen LogP contribution is 2.26. The van der Waals surface area contributed by atoms with Crippen molar-refractivity contribution in [3.05, 3.63) is 30.1 Å². The molecule has 112 valence electrons. The minimum Gasteiger partial charge on any atom is -0.491 e. The van der Waals surface area contributed by atoms with Crippen LogP contribution in [0, 0.1) is 5.92 Å². The summed E-state index contributed by atoms with van der Waals surface area (Å²) in [6, 6.07) is 2.89. The molecule has 0 spiro atoms. The summed E-state index contributed by atoms with van der Waals surface area (Å²) in [5, 5.41) is 4.02. The van der Waals surface area contributed by atoms with Crippen molar-refractivity contribution in [3.8, 4) is 5.88 Å². The van der Waals surface area contributed by atoms with E-state index in [0.29, 0.717) is 23.7 Å². The maximum absolute atomic E-state index is 12.2. The van der Waals surface area contributed by atoms with Crippen molar-refractivity contribution in [2.45, 2.75) is 13.1 Å². The summed E-state index contributed by atoms with van der Waals surface area (Å²) in [6.45, 7) is 1.18. The zero-order valence-electron chi connectivity index (χ0n) is 11.1. The molecular weight excluding hydrogens is 287 g/mol. The molecule has 1 atom stereocenters. The summed E-state index contributed by atoms with van der Waals surface area (Å²) in [4.78, 5) is 4.14. The standard InChI is InChI=1S/C13H12F3N3O2/c1-8-4-10(20-6-8)9-5-17-11-2-3-12(18-19(9)11)21-7-13(14,15)16/h2-5,8H,6-7H2,1H3. The van der Waals surface area contributed by atoms with Crippen LogP contribution in [0.1, 0.15) is 12.6 Å². The second-order valence-corrected chi connectivity index (χ2v) is 4.81. The van der Waals surface area contributed by atoms with E-state index in [2.05, 4.69) is 14.8 Å². The summed E-state index contributed by atoms with van der Waals surface area (Å²) in [5.41, 5.74) is 1.10. The van der Waals surface area contributed by atoms with Crippen molar-refractivity contribution in [2.24, 2.45) is 5.92 Å². The number of alkyl halides is 3. The molecule has 0 radical (unpaired) electrons. The fourth-order valence-electron chi connectivity index (χ4n) is 1.99.